The van der Waals surface area contributed by atoms with Gasteiger partial charge < -0.3 is 19.4 Å². The largest absolute Gasteiger partial charge is 0.497 e. The van der Waals surface area contributed by atoms with Crippen LogP contribution in [0.1, 0.15) is 10.4 Å². The molecule has 1 amide bonds. The lowest BCUT2D eigenvalue weighted by molar-refractivity contribution is 0.0827. The first-order valence-electron chi connectivity index (χ1n) is 11.0. The van der Waals surface area contributed by atoms with Crippen LogP contribution in [0.15, 0.2) is 82.3 Å². The van der Waals surface area contributed by atoms with E-state index in [1.54, 1.807) is 57.8 Å². The lowest BCUT2D eigenvalue weighted by Gasteiger charge is -2.14. The summed E-state index contributed by atoms with van der Waals surface area (Å²) in [6.07, 6.45) is 1.60. The van der Waals surface area contributed by atoms with E-state index in [9.17, 15) is 9.00 Å². The average Bonchev–Trinajstić information content (AvgIpc) is 3.37. The number of para-hydroxylation sites is 2. The topological polar surface area (TPSA) is 110 Å². The lowest BCUT2D eigenvalue weighted by atomic mass is 10.2. The number of fused-ring (bicyclic) bond motifs is 2. The fourth-order valence-corrected chi connectivity index (χ4v) is 4.50. The number of anilines is 3. The van der Waals surface area contributed by atoms with E-state index in [1.165, 1.54) is 4.90 Å². The molecule has 0 saturated heterocycles. The van der Waals surface area contributed by atoms with Crippen LogP contribution in [-0.4, -0.2) is 46.2 Å². The zero-order valence-electron chi connectivity index (χ0n) is 19.8. The molecule has 0 aliphatic carbocycles. The van der Waals surface area contributed by atoms with Crippen LogP contribution in [0, 0.1) is 0 Å². The van der Waals surface area contributed by atoms with E-state index in [-0.39, 0.29) is 5.91 Å². The monoisotopic (exact) mass is 501 g/mol. The number of aromatic nitrogens is 2. The number of rotatable bonds is 7. The lowest BCUT2D eigenvalue weighted by Crippen LogP contribution is -2.21. The van der Waals surface area contributed by atoms with Gasteiger partial charge in [0.25, 0.3) is 5.91 Å². The molecule has 0 bridgehead atoms. The number of hydrogen-bond acceptors (Lipinski definition) is 7. The molecule has 5 aromatic rings. The smallest absolute Gasteiger partial charge is 0.253 e. The summed E-state index contributed by atoms with van der Waals surface area (Å²) in [7, 11) is 3.29. The molecule has 10 heteroatoms. The Morgan fingerprint density at radius 3 is 2.33 bits per heavy atom. The van der Waals surface area contributed by atoms with Gasteiger partial charge in [-0.25, -0.2) is 14.2 Å². The minimum Gasteiger partial charge on any atom is -0.497 e. The van der Waals surface area contributed by atoms with E-state index in [0.29, 0.717) is 50.1 Å². The number of carbonyl (C=O) groups excluding carboxylic acids is 1. The average molecular weight is 502 g/mol. The van der Waals surface area contributed by atoms with Crippen molar-refractivity contribution < 1.29 is 18.2 Å². The summed E-state index contributed by atoms with van der Waals surface area (Å²) in [6.45, 7) is 0. The van der Waals surface area contributed by atoms with E-state index in [4.69, 9.17) is 14.1 Å². The van der Waals surface area contributed by atoms with E-state index in [0.717, 1.165) is 5.39 Å². The first kappa shape index (κ1) is 23.3. The zero-order valence-corrected chi connectivity index (χ0v) is 20.6. The molecule has 36 heavy (non-hydrogen) atoms. The van der Waals surface area contributed by atoms with Crippen molar-refractivity contribution in [1.29, 1.82) is 0 Å². The van der Waals surface area contributed by atoms with Crippen molar-refractivity contribution in [3.63, 3.8) is 0 Å². The minimum absolute atomic E-state index is 0.130. The molecule has 182 valence electrons. The number of benzene rings is 3. The second-order valence-electron chi connectivity index (χ2n) is 8.14. The maximum Gasteiger partial charge on any atom is 0.253 e. The molecule has 5 rings (SSSR count). The standard InChI is InChI=1S/C26H23N5O4S/c1-31(2)26(32)16-8-10-19(11-9-16)36(33)30-25-24(27-20-6-4-5-7-21(20)28-25)29-22-15-18(34-3)14-17-12-13-35-23(17)22/h4-15H,1-3H3,(H,27,29)(H,28,30). The van der Waals surface area contributed by atoms with Crippen LogP contribution in [-0.2, 0) is 11.0 Å². The van der Waals surface area contributed by atoms with Crippen LogP contribution in [0.4, 0.5) is 17.3 Å². The van der Waals surface area contributed by atoms with Gasteiger partial charge in [-0.15, -0.1) is 0 Å². The Kier molecular flexibility index (Phi) is 6.26. The zero-order chi connectivity index (χ0) is 25.2. The van der Waals surface area contributed by atoms with Gasteiger partial charge in [0.15, 0.2) is 28.2 Å². The number of nitrogens with one attached hydrogen (secondary N) is 2. The molecule has 3 aromatic carbocycles. The van der Waals surface area contributed by atoms with Crippen molar-refractivity contribution in [3.8, 4) is 5.75 Å². The molecule has 0 fully saturated rings. The molecule has 2 N–H and O–H groups in total. The van der Waals surface area contributed by atoms with Gasteiger partial charge in [0.2, 0.25) is 0 Å². The normalized spacial score (nSPS) is 11.9. The van der Waals surface area contributed by atoms with Crippen LogP contribution in [0.5, 0.6) is 5.75 Å². The summed E-state index contributed by atoms with van der Waals surface area (Å²) < 4.78 is 27.3. The predicted molar refractivity (Wildman–Crippen MR) is 140 cm³/mol. The van der Waals surface area contributed by atoms with Crippen molar-refractivity contribution in [2.24, 2.45) is 0 Å². The third kappa shape index (κ3) is 4.58. The number of amides is 1. The number of carbonyl (C=O) groups is 1. The van der Waals surface area contributed by atoms with Crippen molar-refractivity contribution in [2.45, 2.75) is 4.90 Å². The molecule has 1 unspecified atom stereocenters. The van der Waals surface area contributed by atoms with Crippen molar-refractivity contribution in [3.05, 3.63) is 78.6 Å². The van der Waals surface area contributed by atoms with Gasteiger partial charge in [0.1, 0.15) is 5.75 Å². The van der Waals surface area contributed by atoms with Gasteiger partial charge in [0, 0.05) is 31.1 Å². The van der Waals surface area contributed by atoms with Crippen LogP contribution >= 0.6 is 0 Å². The minimum atomic E-state index is -1.67. The van der Waals surface area contributed by atoms with Crippen LogP contribution < -0.4 is 14.8 Å². The molecule has 2 heterocycles. The molecule has 0 aliphatic heterocycles. The van der Waals surface area contributed by atoms with Crippen molar-refractivity contribution >= 4 is 56.2 Å². The predicted octanol–water partition coefficient (Wildman–Crippen LogP) is 4.96. The van der Waals surface area contributed by atoms with Gasteiger partial charge in [-0.1, -0.05) is 12.1 Å². The summed E-state index contributed by atoms with van der Waals surface area (Å²) in [5.74, 6) is 1.18. The fraction of sp³-hybridized carbons (Fsp3) is 0.115. The molecule has 0 radical (unpaired) electrons. The van der Waals surface area contributed by atoms with Gasteiger partial charge in [-0.05, 0) is 48.5 Å². The molecular weight excluding hydrogens is 478 g/mol. The molecule has 2 aromatic heterocycles. The first-order valence-corrected chi connectivity index (χ1v) is 12.2. The maximum absolute atomic E-state index is 13.2. The fourth-order valence-electron chi connectivity index (χ4n) is 3.68. The number of furan rings is 1. The Morgan fingerprint density at radius 1 is 0.972 bits per heavy atom. The first-order chi connectivity index (χ1) is 17.4. The van der Waals surface area contributed by atoms with Gasteiger partial charge in [-0.3, -0.25) is 9.52 Å². The third-order valence-corrected chi connectivity index (χ3v) is 6.57. The highest BCUT2D eigenvalue weighted by Crippen LogP contribution is 2.34. The molecular formula is C26H23N5O4S. The summed E-state index contributed by atoms with van der Waals surface area (Å²) in [5, 5.41) is 4.12. The van der Waals surface area contributed by atoms with E-state index >= 15 is 0 Å². The summed E-state index contributed by atoms with van der Waals surface area (Å²) >= 11 is 0. The Morgan fingerprint density at radius 2 is 1.67 bits per heavy atom. The van der Waals surface area contributed by atoms with Gasteiger partial charge >= 0.3 is 0 Å². The Balaban J connectivity index is 1.51. The second-order valence-corrected chi connectivity index (χ2v) is 9.36. The van der Waals surface area contributed by atoms with Gasteiger partial charge in [-0.2, -0.15) is 0 Å². The van der Waals surface area contributed by atoms with E-state index in [2.05, 4.69) is 15.0 Å². The van der Waals surface area contributed by atoms with Crippen LogP contribution in [0.2, 0.25) is 0 Å². The molecule has 0 aliphatic rings. The Labute approximate surface area is 209 Å². The highest BCUT2D eigenvalue weighted by Gasteiger charge is 2.16. The Bertz CT molecular complexity index is 1600. The SMILES string of the molecule is COc1cc(Nc2nc3ccccc3nc2NS(=O)c2ccc(C(=O)N(C)C)cc2)c2occc2c1. The molecule has 0 spiro atoms. The maximum atomic E-state index is 13.2. The Hall–Kier alpha value is -4.44. The summed E-state index contributed by atoms with van der Waals surface area (Å²) in [6, 6.07) is 19.5. The quantitative estimate of drug-likeness (QED) is 0.324. The number of ether oxygens (including phenoxy) is 1. The molecule has 1 atom stereocenters. The van der Waals surface area contributed by atoms with Crippen molar-refractivity contribution in [1.82, 2.24) is 14.9 Å². The molecule has 9 nitrogen and oxygen atoms in total. The summed E-state index contributed by atoms with van der Waals surface area (Å²) in [4.78, 5) is 23.5. The van der Waals surface area contributed by atoms with E-state index < -0.39 is 11.0 Å². The molecule has 0 saturated carbocycles. The highest BCUT2D eigenvalue weighted by molar-refractivity contribution is 7.86. The summed E-state index contributed by atoms with van der Waals surface area (Å²) in [5.41, 5.74) is 3.07. The number of hydrogen-bond donors (Lipinski definition) is 2. The van der Waals surface area contributed by atoms with E-state index in [1.807, 2.05) is 36.4 Å². The van der Waals surface area contributed by atoms with Crippen LogP contribution in [0.25, 0.3) is 22.0 Å². The highest BCUT2D eigenvalue weighted by atomic mass is 32.2. The number of nitrogens with zero attached hydrogens (tertiary/aromatic N) is 3. The number of methoxy groups -OCH3 is 1. The van der Waals surface area contributed by atoms with Gasteiger partial charge in [0.05, 0.1) is 35.0 Å². The second kappa shape index (κ2) is 9.67. The third-order valence-electron chi connectivity index (χ3n) is 5.49. The van der Waals surface area contributed by atoms with Crippen LogP contribution in [0.3, 0.4) is 0 Å². The van der Waals surface area contributed by atoms with Crippen molar-refractivity contribution in [2.75, 3.05) is 31.2 Å².